The van der Waals surface area contributed by atoms with Crippen molar-refractivity contribution in [3.63, 3.8) is 0 Å². The van der Waals surface area contributed by atoms with E-state index < -0.39 is 0 Å². The fourth-order valence-corrected chi connectivity index (χ4v) is 2.28. The number of methoxy groups -OCH3 is 1. The zero-order valence-electron chi connectivity index (χ0n) is 11.1. The summed E-state index contributed by atoms with van der Waals surface area (Å²) >= 11 is 3.47. The van der Waals surface area contributed by atoms with Crippen LogP contribution in [0.25, 0.3) is 0 Å². The molecule has 1 aromatic rings. The van der Waals surface area contributed by atoms with Crippen LogP contribution in [0.15, 0.2) is 22.7 Å². The third kappa shape index (κ3) is 4.00. The fourth-order valence-electron chi connectivity index (χ4n) is 1.94. The van der Waals surface area contributed by atoms with Gasteiger partial charge in [0.05, 0.1) is 7.11 Å². The van der Waals surface area contributed by atoms with Crippen LogP contribution < -0.4 is 10.1 Å². The first-order chi connectivity index (χ1) is 8.12. The van der Waals surface area contributed by atoms with Gasteiger partial charge >= 0.3 is 0 Å². The van der Waals surface area contributed by atoms with Gasteiger partial charge in [-0.05, 0) is 31.5 Å². The second-order valence-corrected chi connectivity index (χ2v) is 5.39. The summed E-state index contributed by atoms with van der Waals surface area (Å²) in [6, 6.07) is 6.58. The third-order valence-corrected chi connectivity index (χ3v) is 3.75. The quantitative estimate of drug-likeness (QED) is 0.852. The van der Waals surface area contributed by atoms with Crippen molar-refractivity contribution in [1.82, 2.24) is 5.32 Å². The minimum Gasteiger partial charge on any atom is -0.496 e. The highest BCUT2D eigenvalue weighted by Crippen LogP contribution is 2.32. The maximum absolute atomic E-state index is 5.45. The fraction of sp³-hybridized carbons (Fsp3) is 0.571. The average molecular weight is 300 g/mol. The molecule has 0 radical (unpaired) electrons. The van der Waals surface area contributed by atoms with Gasteiger partial charge in [-0.2, -0.15) is 0 Å². The molecule has 0 amide bonds. The van der Waals surface area contributed by atoms with Crippen molar-refractivity contribution in [2.75, 3.05) is 14.2 Å². The van der Waals surface area contributed by atoms with Gasteiger partial charge in [0.25, 0.3) is 0 Å². The lowest BCUT2D eigenvalue weighted by Crippen LogP contribution is -2.19. The van der Waals surface area contributed by atoms with Crippen molar-refractivity contribution in [1.29, 1.82) is 0 Å². The Morgan fingerprint density at radius 3 is 2.65 bits per heavy atom. The topological polar surface area (TPSA) is 21.3 Å². The van der Waals surface area contributed by atoms with E-state index in [2.05, 4.69) is 47.2 Å². The van der Waals surface area contributed by atoms with Crippen LogP contribution in [0.4, 0.5) is 0 Å². The van der Waals surface area contributed by atoms with E-state index in [0.29, 0.717) is 12.0 Å². The molecule has 0 aliphatic heterocycles. The molecule has 0 bridgehead atoms. The Hall–Kier alpha value is -0.540. The van der Waals surface area contributed by atoms with Crippen molar-refractivity contribution < 1.29 is 4.74 Å². The van der Waals surface area contributed by atoms with Gasteiger partial charge in [-0.15, -0.1) is 0 Å². The molecule has 0 heterocycles. The molecule has 96 valence electrons. The standard InChI is InChI=1S/C14H22BrNO/c1-5-10(2)8-13(16-3)12-7-6-11(15)9-14(12)17-4/h6-7,9-10,13,16H,5,8H2,1-4H3. The summed E-state index contributed by atoms with van der Waals surface area (Å²) in [6.45, 7) is 4.52. The summed E-state index contributed by atoms with van der Waals surface area (Å²) in [5.41, 5.74) is 1.23. The normalized spacial score (nSPS) is 14.4. The highest BCUT2D eigenvalue weighted by Gasteiger charge is 2.16. The molecule has 2 atom stereocenters. The first-order valence-electron chi connectivity index (χ1n) is 6.13. The van der Waals surface area contributed by atoms with E-state index in [1.165, 1.54) is 12.0 Å². The maximum Gasteiger partial charge on any atom is 0.124 e. The van der Waals surface area contributed by atoms with Gasteiger partial charge in [-0.3, -0.25) is 0 Å². The lowest BCUT2D eigenvalue weighted by atomic mass is 9.94. The summed E-state index contributed by atoms with van der Waals surface area (Å²) in [5.74, 6) is 1.66. The van der Waals surface area contributed by atoms with E-state index in [0.717, 1.165) is 16.6 Å². The van der Waals surface area contributed by atoms with Crippen molar-refractivity contribution in [2.45, 2.75) is 32.7 Å². The molecule has 1 aromatic carbocycles. The predicted molar refractivity (Wildman–Crippen MR) is 76.6 cm³/mol. The molecule has 0 aliphatic carbocycles. The SMILES string of the molecule is CCC(C)CC(NC)c1ccc(Br)cc1OC. The van der Waals surface area contributed by atoms with Crippen LogP contribution in [-0.4, -0.2) is 14.2 Å². The van der Waals surface area contributed by atoms with Crippen molar-refractivity contribution in [2.24, 2.45) is 5.92 Å². The van der Waals surface area contributed by atoms with E-state index in [1.807, 2.05) is 13.1 Å². The van der Waals surface area contributed by atoms with Gasteiger partial charge in [0.15, 0.2) is 0 Å². The van der Waals surface area contributed by atoms with E-state index >= 15 is 0 Å². The Kier molecular flexibility index (Phi) is 6.00. The second kappa shape index (κ2) is 7.02. The van der Waals surface area contributed by atoms with E-state index in [1.54, 1.807) is 7.11 Å². The molecular weight excluding hydrogens is 278 g/mol. The lowest BCUT2D eigenvalue weighted by molar-refractivity contribution is 0.380. The molecule has 2 unspecified atom stereocenters. The highest BCUT2D eigenvalue weighted by atomic mass is 79.9. The van der Waals surface area contributed by atoms with Crippen molar-refractivity contribution in [3.05, 3.63) is 28.2 Å². The Bertz CT molecular complexity index is 354. The molecule has 0 saturated heterocycles. The van der Waals surface area contributed by atoms with Gasteiger partial charge in [0.2, 0.25) is 0 Å². The van der Waals surface area contributed by atoms with Crippen LogP contribution in [0.2, 0.25) is 0 Å². The Morgan fingerprint density at radius 1 is 1.41 bits per heavy atom. The summed E-state index contributed by atoms with van der Waals surface area (Å²) in [6.07, 6.45) is 2.34. The molecule has 1 rings (SSSR count). The summed E-state index contributed by atoms with van der Waals surface area (Å²) in [5, 5.41) is 3.38. The van der Waals surface area contributed by atoms with Gasteiger partial charge in [0, 0.05) is 16.1 Å². The number of rotatable bonds is 6. The lowest BCUT2D eigenvalue weighted by Gasteiger charge is -2.22. The van der Waals surface area contributed by atoms with Crippen LogP contribution >= 0.6 is 15.9 Å². The van der Waals surface area contributed by atoms with E-state index in [4.69, 9.17) is 4.74 Å². The second-order valence-electron chi connectivity index (χ2n) is 4.48. The summed E-state index contributed by atoms with van der Waals surface area (Å²) < 4.78 is 6.51. The van der Waals surface area contributed by atoms with Crippen molar-refractivity contribution in [3.8, 4) is 5.75 Å². The number of hydrogen-bond acceptors (Lipinski definition) is 2. The zero-order valence-corrected chi connectivity index (χ0v) is 12.7. The first kappa shape index (κ1) is 14.5. The number of nitrogens with one attached hydrogen (secondary N) is 1. The Balaban J connectivity index is 2.94. The van der Waals surface area contributed by atoms with Gasteiger partial charge in [0.1, 0.15) is 5.75 Å². The van der Waals surface area contributed by atoms with Crippen molar-refractivity contribution >= 4 is 15.9 Å². The molecule has 0 aliphatic rings. The molecule has 0 spiro atoms. The largest absolute Gasteiger partial charge is 0.496 e. The average Bonchev–Trinajstić information content (AvgIpc) is 2.35. The molecular formula is C14H22BrNO. The Morgan fingerprint density at radius 2 is 2.12 bits per heavy atom. The molecule has 3 heteroatoms. The Labute approximate surface area is 113 Å². The third-order valence-electron chi connectivity index (χ3n) is 3.25. The number of hydrogen-bond donors (Lipinski definition) is 1. The molecule has 0 aromatic heterocycles. The smallest absolute Gasteiger partial charge is 0.124 e. The van der Waals surface area contributed by atoms with E-state index in [9.17, 15) is 0 Å². The number of ether oxygens (including phenoxy) is 1. The van der Waals surface area contributed by atoms with Crippen LogP contribution in [0.1, 0.15) is 38.3 Å². The van der Waals surface area contributed by atoms with E-state index in [-0.39, 0.29) is 0 Å². The molecule has 2 nitrogen and oxygen atoms in total. The van der Waals surface area contributed by atoms with Crippen LogP contribution in [-0.2, 0) is 0 Å². The summed E-state index contributed by atoms with van der Waals surface area (Å²) in [4.78, 5) is 0. The van der Waals surface area contributed by atoms with Gasteiger partial charge in [-0.25, -0.2) is 0 Å². The van der Waals surface area contributed by atoms with Crippen LogP contribution in [0.3, 0.4) is 0 Å². The monoisotopic (exact) mass is 299 g/mol. The molecule has 0 fully saturated rings. The molecule has 0 saturated carbocycles. The minimum absolute atomic E-state index is 0.355. The predicted octanol–water partition coefficient (Wildman–Crippen LogP) is 4.15. The molecule has 1 N–H and O–H groups in total. The molecule has 17 heavy (non-hydrogen) atoms. The minimum atomic E-state index is 0.355. The van der Waals surface area contributed by atoms with Crippen LogP contribution in [0, 0.1) is 5.92 Å². The van der Waals surface area contributed by atoms with Gasteiger partial charge < -0.3 is 10.1 Å². The van der Waals surface area contributed by atoms with Crippen LogP contribution in [0.5, 0.6) is 5.75 Å². The highest BCUT2D eigenvalue weighted by molar-refractivity contribution is 9.10. The summed E-state index contributed by atoms with van der Waals surface area (Å²) in [7, 11) is 3.73. The number of halogens is 1. The van der Waals surface area contributed by atoms with Gasteiger partial charge in [-0.1, -0.05) is 42.3 Å². The zero-order chi connectivity index (χ0) is 12.8. The number of benzene rings is 1. The maximum atomic E-state index is 5.45. The first-order valence-corrected chi connectivity index (χ1v) is 6.92.